The van der Waals surface area contributed by atoms with Gasteiger partial charge in [0, 0.05) is 30.1 Å². The van der Waals surface area contributed by atoms with Crippen molar-refractivity contribution in [2.75, 3.05) is 23.2 Å². The molecule has 196 valence electrons. The molecule has 0 spiro atoms. The monoisotopic (exact) mass is 558 g/mol. The highest BCUT2D eigenvalue weighted by molar-refractivity contribution is 8.00. The Balaban J connectivity index is 1.35. The van der Waals surface area contributed by atoms with Crippen LogP contribution in [0.1, 0.15) is 17.3 Å². The van der Waals surface area contributed by atoms with Crippen molar-refractivity contribution in [3.8, 4) is 11.5 Å². The first-order chi connectivity index (χ1) is 18.2. The minimum absolute atomic E-state index is 0.000130. The van der Waals surface area contributed by atoms with Gasteiger partial charge in [-0.1, -0.05) is 23.4 Å². The molecule has 1 aromatic heterocycles. The lowest BCUT2D eigenvalue weighted by molar-refractivity contribution is -0.384. The maximum atomic E-state index is 12.8. The summed E-state index contributed by atoms with van der Waals surface area (Å²) in [6.07, 6.45) is 0.181. The van der Waals surface area contributed by atoms with E-state index in [0.29, 0.717) is 17.2 Å². The number of amides is 2. The Bertz CT molecular complexity index is 1420. The SMILES string of the molecule is C[C@H](OC(=O)c1cccnc1SCC(=O)Nc1ccc2c(c1)OCO2)C(=O)Nc1cc([N+](=O)[O-])ccc1Cl. The van der Waals surface area contributed by atoms with Crippen molar-refractivity contribution in [2.45, 2.75) is 18.1 Å². The van der Waals surface area contributed by atoms with Crippen LogP contribution in [0.3, 0.4) is 0 Å². The number of pyridine rings is 1. The predicted molar refractivity (Wildman–Crippen MR) is 138 cm³/mol. The summed E-state index contributed by atoms with van der Waals surface area (Å²) in [4.78, 5) is 52.3. The third-order valence-electron chi connectivity index (χ3n) is 5.06. The number of ether oxygens (including phenoxy) is 3. The number of nitrogens with zero attached hydrogens (tertiary/aromatic N) is 2. The van der Waals surface area contributed by atoms with Gasteiger partial charge < -0.3 is 24.8 Å². The number of halogens is 1. The van der Waals surface area contributed by atoms with Crippen LogP contribution in [0.15, 0.2) is 59.8 Å². The quantitative estimate of drug-likeness (QED) is 0.168. The minimum Gasteiger partial charge on any atom is -0.454 e. The summed E-state index contributed by atoms with van der Waals surface area (Å²) in [5, 5.41) is 16.4. The highest BCUT2D eigenvalue weighted by Crippen LogP contribution is 2.34. The second-order valence-electron chi connectivity index (χ2n) is 7.72. The number of nitro groups is 1. The van der Waals surface area contributed by atoms with Crippen LogP contribution in [0, 0.1) is 10.1 Å². The summed E-state index contributed by atoms with van der Waals surface area (Å²) in [6.45, 7) is 1.45. The van der Waals surface area contributed by atoms with Gasteiger partial charge in [0.25, 0.3) is 11.6 Å². The van der Waals surface area contributed by atoms with Gasteiger partial charge in [-0.2, -0.15) is 0 Å². The number of hydrogen-bond donors (Lipinski definition) is 2. The van der Waals surface area contributed by atoms with Crippen molar-refractivity contribution in [3.63, 3.8) is 0 Å². The van der Waals surface area contributed by atoms with Crippen molar-refractivity contribution in [1.82, 2.24) is 4.98 Å². The second kappa shape index (κ2) is 11.8. The van der Waals surface area contributed by atoms with E-state index in [4.69, 9.17) is 25.8 Å². The molecule has 2 N–H and O–H groups in total. The normalized spacial score (nSPS) is 12.4. The van der Waals surface area contributed by atoms with E-state index in [0.717, 1.165) is 17.8 Å². The zero-order valence-electron chi connectivity index (χ0n) is 19.6. The number of benzene rings is 2. The molecule has 2 aromatic carbocycles. The van der Waals surface area contributed by atoms with E-state index in [1.165, 1.54) is 37.4 Å². The molecule has 14 heteroatoms. The van der Waals surface area contributed by atoms with E-state index < -0.39 is 22.9 Å². The third-order valence-corrected chi connectivity index (χ3v) is 6.39. The van der Waals surface area contributed by atoms with Gasteiger partial charge in [-0.3, -0.25) is 19.7 Å². The van der Waals surface area contributed by atoms with Gasteiger partial charge in [-0.05, 0) is 37.3 Å². The van der Waals surface area contributed by atoms with Crippen LogP contribution in [0.25, 0.3) is 0 Å². The van der Waals surface area contributed by atoms with Gasteiger partial charge in [0.05, 0.1) is 26.9 Å². The molecule has 1 atom stereocenters. The molecule has 1 aliphatic rings. The van der Waals surface area contributed by atoms with E-state index in [-0.39, 0.29) is 45.4 Å². The fourth-order valence-corrected chi connectivity index (χ4v) is 4.15. The number of thioether (sulfide) groups is 1. The van der Waals surface area contributed by atoms with Crippen LogP contribution < -0.4 is 20.1 Å². The fourth-order valence-electron chi connectivity index (χ4n) is 3.20. The Kier molecular flexibility index (Phi) is 8.28. The number of non-ortho nitro benzene ring substituents is 1. The second-order valence-corrected chi connectivity index (χ2v) is 9.09. The van der Waals surface area contributed by atoms with Crippen molar-refractivity contribution in [2.24, 2.45) is 0 Å². The van der Waals surface area contributed by atoms with Crippen molar-refractivity contribution in [3.05, 3.63) is 75.4 Å². The van der Waals surface area contributed by atoms with E-state index in [1.807, 2.05) is 0 Å². The summed E-state index contributed by atoms with van der Waals surface area (Å²) in [5.41, 5.74) is 0.305. The molecular formula is C24H19ClN4O8S. The number of esters is 1. The molecule has 4 rings (SSSR count). The number of nitrogens with one attached hydrogen (secondary N) is 2. The Hall–Kier alpha value is -4.36. The van der Waals surface area contributed by atoms with Gasteiger partial charge in [0.1, 0.15) is 5.03 Å². The summed E-state index contributed by atoms with van der Waals surface area (Å²) < 4.78 is 15.8. The van der Waals surface area contributed by atoms with Crippen LogP contribution >= 0.6 is 23.4 Å². The van der Waals surface area contributed by atoms with Crippen LogP contribution in [-0.2, 0) is 14.3 Å². The van der Waals surface area contributed by atoms with E-state index in [2.05, 4.69) is 15.6 Å². The minimum atomic E-state index is -1.27. The van der Waals surface area contributed by atoms with Gasteiger partial charge in [-0.25, -0.2) is 9.78 Å². The number of aromatic nitrogens is 1. The molecule has 12 nitrogen and oxygen atoms in total. The molecule has 0 saturated heterocycles. The standard InChI is InChI=1S/C24H19ClN4O8S/c1-13(22(31)28-18-10-15(29(33)34)5-6-17(18)25)37-24(32)16-3-2-8-26-23(16)38-11-21(30)27-14-4-7-19-20(9-14)36-12-35-19/h2-10,13H,11-12H2,1H3,(H,27,30)(H,28,31)/t13-/m0/s1. The van der Waals surface area contributed by atoms with Crippen LogP contribution in [-0.4, -0.2) is 46.3 Å². The van der Waals surface area contributed by atoms with Gasteiger partial charge >= 0.3 is 5.97 Å². The Labute approximate surface area is 224 Å². The fraction of sp³-hybridized carbons (Fsp3) is 0.167. The van der Waals surface area contributed by atoms with Crippen molar-refractivity contribution in [1.29, 1.82) is 0 Å². The first-order valence-electron chi connectivity index (χ1n) is 10.9. The molecule has 2 heterocycles. The molecule has 3 aromatic rings. The van der Waals surface area contributed by atoms with Crippen LogP contribution in [0.5, 0.6) is 11.5 Å². The van der Waals surface area contributed by atoms with Crippen LogP contribution in [0.4, 0.5) is 17.1 Å². The number of fused-ring (bicyclic) bond motifs is 1. The third kappa shape index (κ3) is 6.49. The van der Waals surface area contributed by atoms with E-state index in [9.17, 15) is 24.5 Å². The van der Waals surface area contributed by atoms with E-state index in [1.54, 1.807) is 18.2 Å². The topological polar surface area (TPSA) is 159 Å². The highest BCUT2D eigenvalue weighted by Gasteiger charge is 2.23. The maximum absolute atomic E-state index is 12.8. The molecule has 38 heavy (non-hydrogen) atoms. The largest absolute Gasteiger partial charge is 0.454 e. The summed E-state index contributed by atoms with van der Waals surface area (Å²) >= 11 is 7.02. The molecule has 0 aliphatic carbocycles. The number of carbonyl (C=O) groups is 3. The molecule has 2 amide bonds. The van der Waals surface area contributed by atoms with Crippen LogP contribution in [0.2, 0.25) is 5.02 Å². The maximum Gasteiger partial charge on any atom is 0.341 e. The highest BCUT2D eigenvalue weighted by atomic mass is 35.5. The average molecular weight is 559 g/mol. The van der Waals surface area contributed by atoms with Crippen molar-refractivity contribution < 1.29 is 33.5 Å². The molecule has 0 saturated carbocycles. The summed E-state index contributed by atoms with van der Waals surface area (Å²) in [6, 6.07) is 11.5. The summed E-state index contributed by atoms with van der Waals surface area (Å²) in [7, 11) is 0. The van der Waals surface area contributed by atoms with Gasteiger partial charge in [0.15, 0.2) is 17.6 Å². The Morgan fingerprint density at radius 1 is 1.16 bits per heavy atom. The Morgan fingerprint density at radius 2 is 1.95 bits per heavy atom. The van der Waals surface area contributed by atoms with Gasteiger partial charge in [-0.15, -0.1) is 0 Å². The predicted octanol–water partition coefficient (Wildman–Crippen LogP) is 4.29. The molecule has 0 bridgehead atoms. The number of hydrogen-bond acceptors (Lipinski definition) is 10. The lowest BCUT2D eigenvalue weighted by Gasteiger charge is -2.15. The Morgan fingerprint density at radius 3 is 2.74 bits per heavy atom. The number of carbonyl (C=O) groups excluding carboxylic acids is 3. The lowest BCUT2D eigenvalue weighted by Crippen LogP contribution is -2.30. The zero-order valence-corrected chi connectivity index (χ0v) is 21.2. The smallest absolute Gasteiger partial charge is 0.341 e. The average Bonchev–Trinajstić information content (AvgIpc) is 3.36. The molecule has 1 aliphatic heterocycles. The molecule has 0 unspecified atom stereocenters. The summed E-state index contributed by atoms with van der Waals surface area (Å²) in [5.74, 6) is -0.888. The first-order valence-corrected chi connectivity index (χ1v) is 12.3. The molecule has 0 fully saturated rings. The first kappa shape index (κ1) is 26.7. The lowest BCUT2D eigenvalue weighted by atomic mass is 10.2. The number of anilines is 2. The van der Waals surface area contributed by atoms with E-state index >= 15 is 0 Å². The molecule has 0 radical (unpaired) electrons. The number of rotatable bonds is 9. The zero-order chi connectivity index (χ0) is 27.2. The van der Waals surface area contributed by atoms with Gasteiger partial charge in [0.2, 0.25) is 12.7 Å². The number of nitro benzene ring substituents is 1. The molecular weight excluding hydrogens is 540 g/mol. The van der Waals surface area contributed by atoms with Crippen molar-refractivity contribution >= 4 is 58.2 Å².